The van der Waals surface area contributed by atoms with Gasteiger partial charge in [-0.3, -0.25) is 4.79 Å². The molecule has 2 unspecified atom stereocenters. The van der Waals surface area contributed by atoms with Crippen molar-refractivity contribution in [2.75, 3.05) is 5.32 Å². The summed E-state index contributed by atoms with van der Waals surface area (Å²) in [6.07, 6.45) is -2.34. The minimum atomic E-state index is -4.49. The van der Waals surface area contributed by atoms with Crippen LogP contribution in [0.15, 0.2) is 18.2 Å². The first-order valence-electron chi connectivity index (χ1n) is 6.58. The van der Waals surface area contributed by atoms with Crippen LogP contribution in [0.1, 0.15) is 31.7 Å². The van der Waals surface area contributed by atoms with E-state index in [1.54, 1.807) is 6.92 Å². The number of benzene rings is 1. The van der Waals surface area contributed by atoms with Crippen LogP contribution in [-0.2, 0) is 11.0 Å². The summed E-state index contributed by atoms with van der Waals surface area (Å²) in [5.74, 6) is -0.395. The van der Waals surface area contributed by atoms with Gasteiger partial charge in [-0.1, -0.05) is 18.0 Å². The van der Waals surface area contributed by atoms with Crippen LogP contribution < -0.4 is 11.1 Å². The Labute approximate surface area is 125 Å². The third-order valence-electron chi connectivity index (χ3n) is 4.09. The predicted molar refractivity (Wildman–Crippen MR) is 75.0 cm³/mol. The summed E-state index contributed by atoms with van der Waals surface area (Å²) in [6.45, 7) is 1.72. The third-order valence-corrected chi connectivity index (χ3v) is 4.42. The number of halogens is 4. The van der Waals surface area contributed by atoms with E-state index in [1.807, 2.05) is 0 Å². The molecule has 0 aliphatic heterocycles. The first kappa shape index (κ1) is 16.1. The zero-order valence-corrected chi connectivity index (χ0v) is 12.2. The lowest BCUT2D eigenvalue weighted by molar-refractivity contribution is -0.137. The van der Waals surface area contributed by atoms with E-state index in [0.717, 1.165) is 31.0 Å². The van der Waals surface area contributed by atoms with Crippen LogP contribution in [0.2, 0.25) is 5.02 Å². The number of hydrogen-bond acceptors (Lipinski definition) is 2. The van der Waals surface area contributed by atoms with Crippen molar-refractivity contribution in [3.8, 4) is 0 Å². The monoisotopic (exact) mass is 320 g/mol. The highest BCUT2D eigenvalue weighted by atomic mass is 35.5. The minimum absolute atomic E-state index is 0.0446. The molecule has 21 heavy (non-hydrogen) atoms. The molecule has 1 aliphatic carbocycles. The van der Waals surface area contributed by atoms with Gasteiger partial charge in [-0.2, -0.15) is 13.2 Å². The Balaban J connectivity index is 2.25. The molecule has 2 rings (SSSR count). The second-order valence-electron chi connectivity index (χ2n) is 5.56. The fraction of sp³-hybridized carbons (Fsp3) is 0.500. The zero-order chi connectivity index (χ0) is 15.8. The average molecular weight is 321 g/mol. The molecular weight excluding hydrogens is 305 g/mol. The van der Waals surface area contributed by atoms with Crippen molar-refractivity contribution in [2.24, 2.45) is 11.1 Å². The highest BCUT2D eigenvalue weighted by Crippen LogP contribution is 2.39. The number of amides is 1. The van der Waals surface area contributed by atoms with Crippen LogP contribution in [0.25, 0.3) is 0 Å². The molecule has 1 aromatic rings. The third kappa shape index (κ3) is 3.16. The van der Waals surface area contributed by atoms with Crippen molar-refractivity contribution in [1.29, 1.82) is 0 Å². The Hall–Kier alpha value is -1.27. The molecule has 1 fully saturated rings. The normalized spacial score (nSPS) is 25.9. The predicted octanol–water partition coefficient (Wildman–Crippen LogP) is 3.81. The number of anilines is 1. The van der Waals surface area contributed by atoms with E-state index in [0.29, 0.717) is 6.42 Å². The Kier molecular flexibility index (Phi) is 4.22. The van der Waals surface area contributed by atoms with Crippen LogP contribution >= 0.6 is 11.6 Å². The van der Waals surface area contributed by atoms with Gasteiger partial charge in [0.25, 0.3) is 0 Å². The van der Waals surface area contributed by atoms with Gasteiger partial charge in [0.1, 0.15) is 0 Å². The molecule has 0 heterocycles. The lowest BCUT2D eigenvalue weighted by Gasteiger charge is -2.27. The lowest BCUT2D eigenvalue weighted by atomic mass is 9.84. The maximum Gasteiger partial charge on any atom is 0.416 e. The summed E-state index contributed by atoms with van der Waals surface area (Å²) in [5.41, 5.74) is 4.25. The second-order valence-corrected chi connectivity index (χ2v) is 5.97. The first-order chi connectivity index (χ1) is 9.64. The SMILES string of the molecule is CC1(C(=O)Nc2cc(C(F)(F)F)ccc2Cl)CCCC1N. The van der Waals surface area contributed by atoms with Crippen molar-refractivity contribution in [3.05, 3.63) is 28.8 Å². The van der Waals surface area contributed by atoms with Crippen LogP contribution in [0.5, 0.6) is 0 Å². The van der Waals surface area contributed by atoms with E-state index in [9.17, 15) is 18.0 Å². The summed E-state index contributed by atoms with van der Waals surface area (Å²) in [5, 5.41) is 2.55. The van der Waals surface area contributed by atoms with Crippen LogP contribution in [0.4, 0.5) is 18.9 Å². The topological polar surface area (TPSA) is 55.1 Å². The van der Waals surface area contributed by atoms with E-state index in [-0.39, 0.29) is 16.8 Å². The molecule has 0 bridgehead atoms. The molecule has 3 N–H and O–H groups in total. The Morgan fingerprint density at radius 2 is 2.14 bits per heavy atom. The Morgan fingerprint density at radius 1 is 1.48 bits per heavy atom. The number of alkyl halides is 3. The number of rotatable bonds is 2. The van der Waals surface area contributed by atoms with Crippen LogP contribution in [0, 0.1) is 5.41 Å². The van der Waals surface area contributed by atoms with Crippen LogP contribution in [0.3, 0.4) is 0 Å². The molecule has 0 spiro atoms. The summed E-state index contributed by atoms with van der Waals surface area (Å²) < 4.78 is 38.1. The van der Waals surface area contributed by atoms with Gasteiger partial charge >= 0.3 is 6.18 Å². The highest BCUT2D eigenvalue weighted by molar-refractivity contribution is 6.33. The van der Waals surface area contributed by atoms with Gasteiger partial charge in [0.2, 0.25) is 5.91 Å². The van der Waals surface area contributed by atoms with Crippen molar-refractivity contribution in [2.45, 2.75) is 38.4 Å². The van der Waals surface area contributed by atoms with Gasteiger partial charge in [-0.25, -0.2) is 0 Å². The molecule has 1 amide bonds. The molecule has 7 heteroatoms. The van der Waals surface area contributed by atoms with Gasteiger partial charge in [-0.05, 0) is 38.0 Å². The fourth-order valence-corrected chi connectivity index (χ4v) is 2.70. The number of hydrogen-bond donors (Lipinski definition) is 2. The molecule has 116 valence electrons. The summed E-state index contributed by atoms with van der Waals surface area (Å²) in [6, 6.07) is 2.53. The van der Waals surface area contributed by atoms with E-state index >= 15 is 0 Å². The van der Waals surface area contributed by atoms with Gasteiger partial charge in [-0.15, -0.1) is 0 Å². The lowest BCUT2D eigenvalue weighted by Crippen LogP contribution is -2.44. The van der Waals surface area contributed by atoms with Crippen molar-refractivity contribution in [1.82, 2.24) is 0 Å². The summed E-state index contributed by atoms with van der Waals surface area (Å²) in [4.78, 5) is 12.3. The number of carbonyl (C=O) groups excluding carboxylic acids is 1. The standard InChI is InChI=1S/C14H16ClF3N2O/c1-13(6-2-3-11(13)19)12(21)20-10-7-8(14(16,17)18)4-5-9(10)15/h4-5,7,11H,2-3,6,19H2,1H3,(H,20,21). The molecule has 0 saturated heterocycles. The zero-order valence-electron chi connectivity index (χ0n) is 11.4. The van der Waals surface area contributed by atoms with Crippen molar-refractivity contribution in [3.63, 3.8) is 0 Å². The van der Waals surface area contributed by atoms with Gasteiger partial charge in [0.05, 0.1) is 21.7 Å². The fourth-order valence-electron chi connectivity index (χ4n) is 2.54. The second kappa shape index (κ2) is 5.50. The quantitative estimate of drug-likeness (QED) is 0.870. The van der Waals surface area contributed by atoms with E-state index < -0.39 is 23.1 Å². The molecular formula is C14H16ClF3N2O. The number of nitrogens with two attached hydrogens (primary N) is 1. The Bertz CT molecular complexity index is 562. The van der Waals surface area contributed by atoms with Crippen molar-refractivity contribution < 1.29 is 18.0 Å². The summed E-state index contributed by atoms with van der Waals surface area (Å²) >= 11 is 5.87. The van der Waals surface area contributed by atoms with E-state index in [4.69, 9.17) is 17.3 Å². The minimum Gasteiger partial charge on any atom is -0.327 e. The smallest absolute Gasteiger partial charge is 0.327 e. The number of nitrogens with one attached hydrogen (secondary N) is 1. The molecule has 1 saturated carbocycles. The molecule has 1 aliphatic rings. The van der Waals surface area contributed by atoms with Gasteiger partial charge < -0.3 is 11.1 Å². The molecule has 1 aromatic carbocycles. The average Bonchev–Trinajstić information content (AvgIpc) is 2.72. The van der Waals surface area contributed by atoms with E-state index in [1.165, 1.54) is 0 Å². The highest BCUT2D eigenvalue weighted by Gasteiger charge is 2.43. The van der Waals surface area contributed by atoms with Gasteiger partial charge in [0.15, 0.2) is 0 Å². The largest absolute Gasteiger partial charge is 0.416 e. The molecule has 0 radical (unpaired) electrons. The molecule has 2 atom stereocenters. The number of carbonyl (C=O) groups is 1. The maximum absolute atomic E-state index is 12.7. The molecule has 3 nitrogen and oxygen atoms in total. The van der Waals surface area contributed by atoms with Crippen molar-refractivity contribution >= 4 is 23.2 Å². The Morgan fingerprint density at radius 3 is 2.67 bits per heavy atom. The molecule has 0 aromatic heterocycles. The van der Waals surface area contributed by atoms with E-state index in [2.05, 4.69) is 5.32 Å². The first-order valence-corrected chi connectivity index (χ1v) is 6.96. The summed E-state index contributed by atoms with van der Waals surface area (Å²) in [7, 11) is 0. The van der Waals surface area contributed by atoms with Gasteiger partial charge in [0, 0.05) is 6.04 Å². The maximum atomic E-state index is 12.7. The van der Waals surface area contributed by atoms with Crippen LogP contribution in [-0.4, -0.2) is 11.9 Å².